The maximum Gasteiger partial charge on any atom is 0.416 e. The van der Waals surface area contributed by atoms with Crippen molar-refractivity contribution in [3.8, 4) is 0 Å². The molecule has 30 heavy (non-hydrogen) atoms. The molecule has 6 nitrogen and oxygen atoms in total. The van der Waals surface area contributed by atoms with Gasteiger partial charge in [0.1, 0.15) is 0 Å². The number of likely N-dealkylation sites (tertiary alicyclic amines) is 1. The molecular weight excluding hydrogens is 395 g/mol. The predicted octanol–water partition coefficient (Wildman–Crippen LogP) is 2.99. The zero-order chi connectivity index (χ0) is 21.7. The van der Waals surface area contributed by atoms with Crippen LogP contribution in [0.1, 0.15) is 41.1 Å². The molecule has 0 bridgehead atoms. The summed E-state index contributed by atoms with van der Waals surface area (Å²) in [4.78, 5) is 16.4. The molecule has 1 aliphatic rings. The molecule has 0 aliphatic carbocycles. The molecular formula is C21H28F3N5O. The quantitative estimate of drug-likeness (QED) is 0.685. The van der Waals surface area contributed by atoms with Gasteiger partial charge in [-0.3, -0.25) is 9.89 Å². The summed E-state index contributed by atoms with van der Waals surface area (Å²) in [6.45, 7) is 3.37. The third-order valence-corrected chi connectivity index (χ3v) is 5.48. The van der Waals surface area contributed by atoms with Crippen LogP contribution in [0.3, 0.4) is 0 Å². The number of likely N-dealkylation sites (N-methyl/N-ethyl adjacent to an activating group) is 2. The molecule has 164 valence electrons. The first kappa shape index (κ1) is 22.3. The molecule has 1 aliphatic heterocycles. The van der Waals surface area contributed by atoms with Crippen LogP contribution in [0.5, 0.6) is 0 Å². The van der Waals surface area contributed by atoms with Crippen LogP contribution >= 0.6 is 0 Å². The number of hydrogen-bond acceptors (Lipinski definition) is 4. The lowest BCUT2D eigenvalue weighted by molar-refractivity contribution is -0.138. The number of rotatable bonds is 8. The van der Waals surface area contributed by atoms with E-state index < -0.39 is 11.7 Å². The van der Waals surface area contributed by atoms with Crippen LogP contribution in [0.2, 0.25) is 0 Å². The number of nitrogens with one attached hydrogen (secondary N) is 2. The smallest absolute Gasteiger partial charge is 0.338 e. The van der Waals surface area contributed by atoms with Gasteiger partial charge in [0.05, 0.1) is 11.3 Å². The number of carbonyl (C=O) groups excluding carboxylic acids is 1. The van der Waals surface area contributed by atoms with E-state index in [0.717, 1.165) is 49.4 Å². The molecule has 1 fully saturated rings. The highest BCUT2D eigenvalue weighted by molar-refractivity contribution is 5.77. The van der Waals surface area contributed by atoms with Crippen molar-refractivity contribution in [3.05, 3.63) is 52.8 Å². The standard InChI is InChI=1S/C21H28F3N5O/c1-25-9-10-28(2)13-17-11-26-27-20(17)16-5-8-19(30)29(14-16)12-15-3-6-18(7-4-15)21(22,23)24/h3-4,6-7,11,16,25H,5,8-10,12-14H2,1-2H3,(H,26,27). The molecule has 1 saturated heterocycles. The van der Waals surface area contributed by atoms with Crippen LogP contribution in [-0.4, -0.2) is 59.6 Å². The Kier molecular flexibility index (Phi) is 7.14. The summed E-state index contributed by atoms with van der Waals surface area (Å²) in [7, 11) is 3.97. The SMILES string of the molecule is CNCCN(C)Cc1c[nH]nc1C1CCC(=O)N(Cc2ccc(C(F)(F)F)cc2)C1. The van der Waals surface area contributed by atoms with Crippen molar-refractivity contribution in [3.63, 3.8) is 0 Å². The molecule has 0 spiro atoms. The van der Waals surface area contributed by atoms with Crippen molar-refractivity contribution < 1.29 is 18.0 Å². The number of hydrogen-bond donors (Lipinski definition) is 2. The number of alkyl halides is 3. The fraction of sp³-hybridized carbons (Fsp3) is 0.524. The zero-order valence-corrected chi connectivity index (χ0v) is 17.3. The average Bonchev–Trinajstić information content (AvgIpc) is 3.16. The van der Waals surface area contributed by atoms with E-state index in [1.807, 2.05) is 13.2 Å². The molecule has 1 aromatic heterocycles. The minimum atomic E-state index is -4.36. The number of piperidine rings is 1. The lowest BCUT2D eigenvalue weighted by Gasteiger charge is -2.32. The van der Waals surface area contributed by atoms with E-state index in [1.165, 1.54) is 12.1 Å². The van der Waals surface area contributed by atoms with Crippen LogP contribution in [0, 0.1) is 0 Å². The van der Waals surface area contributed by atoms with Gasteiger partial charge in [-0.25, -0.2) is 0 Å². The van der Waals surface area contributed by atoms with E-state index in [0.29, 0.717) is 25.1 Å². The Hall–Kier alpha value is -2.39. The van der Waals surface area contributed by atoms with Crippen molar-refractivity contribution in [2.45, 2.75) is 38.0 Å². The summed E-state index contributed by atoms with van der Waals surface area (Å²) in [6, 6.07) is 5.01. The first-order valence-electron chi connectivity index (χ1n) is 10.1. The molecule has 0 radical (unpaired) electrons. The third kappa shape index (κ3) is 5.60. The van der Waals surface area contributed by atoms with Crippen LogP contribution in [-0.2, 0) is 24.1 Å². The van der Waals surface area contributed by atoms with Crippen molar-refractivity contribution >= 4 is 5.91 Å². The number of aromatic amines is 1. The molecule has 1 amide bonds. The molecule has 1 unspecified atom stereocenters. The number of nitrogens with zero attached hydrogens (tertiary/aromatic N) is 3. The Labute approximate surface area is 174 Å². The summed E-state index contributed by atoms with van der Waals surface area (Å²) in [6.07, 6.45) is -1.32. The number of H-pyrrole nitrogens is 1. The first-order valence-corrected chi connectivity index (χ1v) is 10.1. The van der Waals surface area contributed by atoms with Crippen LogP contribution in [0.25, 0.3) is 0 Å². The van der Waals surface area contributed by atoms with Gasteiger partial charge in [0.15, 0.2) is 0 Å². The van der Waals surface area contributed by atoms with Gasteiger partial charge in [-0.15, -0.1) is 0 Å². The normalized spacial score (nSPS) is 17.7. The van der Waals surface area contributed by atoms with E-state index >= 15 is 0 Å². The van der Waals surface area contributed by atoms with E-state index in [-0.39, 0.29) is 11.8 Å². The zero-order valence-electron chi connectivity index (χ0n) is 17.3. The second kappa shape index (κ2) is 9.61. The van der Waals surface area contributed by atoms with Gasteiger partial charge in [-0.2, -0.15) is 18.3 Å². The molecule has 3 rings (SSSR count). The van der Waals surface area contributed by atoms with Crippen LogP contribution in [0.15, 0.2) is 30.5 Å². The van der Waals surface area contributed by atoms with E-state index in [4.69, 9.17) is 0 Å². The Morgan fingerprint density at radius 3 is 2.70 bits per heavy atom. The number of aromatic nitrogens is 2. The Bertz CT molecular complexity index is 834. The van der Waals surface area contributed by atoms with E-state index in [2.05, 4.69) is 27.5 Å². The summed E-state index contributed by atoms with van der Waals surface area (Å²) < 4.78 is 38.3. The van der Waals surface area contributed by atoms with Crippen molar-refractivity contribution in [1.29, 1.82) is 0 Å². The van der Waals surface area contributed by atoms with Crippen LogP contribution < -0.4 is 5.32 Å². The summed E-state index contributed by atoms with van der Waals surface area (Å²) in [5.41, 5.74) is 2.09. The second-order valence-electron chi connectivity index (χ2n) is 7.84. The summed E-state index contributed by atoms with van der Waals surface area (Å²) in [5.74, 6) is 0.130. The van der Waals surface area contributed by atoms with Gasteiger partial charge < -0.3 is 15.1 Å². The predicted molar refractivity (Wildman–Crippen MR) is 108 cm³/mol. The minimum Gasteiger partial charge on any atom is -0.338 e. The number of halogens is 3. The third-order valence-electron chi connectivity index (χ3n) is 5.48. The van der Waals surface area contributed by atoms with Gasteiger partial charge in [-0.05, 0) is 38.2 Å². The van der Waals surface area contributed by atoms with Crippen molar-refractivity contribution in [2.75, 3.05) is 33.7 Å². The van der Waals surface area contributed by atoms with Crippen LogP contribution in [0.4, 0.5) is 13.2 Å². The molecule has 2 aromatic rings. The fourth-order valence-corrected chi connectivity index (χ4v) is 3.79. The van der Waals surface area contributed by atoms with Crippen molar-refractivity contribution in [2.24, 2.45) is 0 Å². The Balaban J connectivity index is 1.66. The molecule has 1 aromatic carbocycles. The second-order valence-corrected chi connectivity index (χ2v) is 7.84. The molecule has 2 N–H and O–H groups in total. The molecule has 1 atom stereocenters. The Morgan fingerprint density at radius 1 is 1.30 bits per heavy atom. The van der Waals surface area contributed by atoms with E-state index in [1.54, 1.807) is 4.90 Å². The van der Waals surface area contributed by atoms with Gasteiger partial charge in [0.2, 0.25) is 5.91 Å². The molecule has 0 saturated carbocycles. The summed E-state index contributed by atoms with van der Waals surface area (Å²) in [5, 5.41) is 10.5. The van der Waals surface area contributed by atoms with Gasteiger partial charge in [0.25, 0.3) is 0 Å². The molecule has 9 heteroatoms. The number of amides is 1. The van der Waals surface area contributed by atoms with Crippen molar-refractivity contribution in [1.82, 2.24) is 25.3 Å². The first-order chi connectivity index (χ1) is 14.3. The lowest BCUT2D eigenvalue weighted by atomic mass is 9.91. The fourth-order valence-electron chi connectivity index (χ4n) is 3.79. The minimum absolute atomic E-state index is 0.0226. The van der Waals surface area contributed by atoms with Gasteiger partial charge >= 0.3 is 6.18 Å². The highest BCUT2D eigenvalue weighted by Crippen LogP contribution is 2.31. The maximum absolute atomic E-state index is 12.8. The summed E-state index contributed by atoms with van der Waals surface area (Å²) >= 11 is 0. The maximum atomic E-state index is 12.8. The largest absolute Gasteiger partial charge is 0.416 e. The van der Waals surface area contributed by atoms with Gasteiger partial charge in [0, 0.05) is 56.8 Å². The van der Waals surface area contributed by atoms with Gasteiger partial charge in [-0.1, -0.05) is 12.1 Å². The number of benzene rings is 1. The Morgan fingerprint density at radius 2 is 2.03 bits per heavy atom. The topological polar surface area (TPSA) is 64.3 Å². The highest BCUT2D eigenvalue weighted by Gasteiger charge is 2.31. The average molecular weight is 423 g/mol. The lowest BCUT2D eigenvalue weighted by Crippen LogP contribution is -2.39. The molecule has 2 heterocycles. The van der Waals surface area contributed by atoms with E-state index in [9.17, 15) is 18.0 Å². The highest BCUT2D eigenvalue weighted by atomic mass is 19.4. The number of carbonyl (C=O) groups is 1. The monoisotopic (exact) mass is 423 g/mol.